The predicted octanol–water partition coefficient (Wildman–Crippen LogP) is 2.89. The Kier molecular flexibility index (Phi) is 10.3. The monoisotopic (exact) mass is 526 g/mol. The minimum atomic E-state index is -0.201. The summed E-state index contributed by atoms with van der Waals surface area (Å²) < 4.78 is 13.2. The highest BCUT2D eigenvalue weighted by Gasteiger charge is 2.16. The van der Waals surface area contributed by atoms with Gasteiger partial charge in [-0.3, -0.25) is 4.99 Å². The first-order valence-electron chi connectivity index (χ1n) is 10.3. The molecule has 1 fully saturated rings. The van der Waals surface area contributed by atoms with E-state index in [0.29, 0.717) is 13.1 Å². The van der Waals surface area contributed by atoms with Crippen molar-refractivity contribution in [1.29, 1.82) is 0 Å². The number of aromatic nitrogens is 1. The number of guanidine groups is 1. The zero-order chi connectivity index (χ0) is 20.5. The Morgan fingerprint density at radius 2 is 1.90 bits per heavy atom. The molecule has 0 aliphatic carbocycles. The van der Waals surface area contributed by atoms with Crippen molar-refractivity contribution in [1.82, 2.24) is 20.5 Å². The number of likely N-dealkylation sites (N-methyl/N-ethyl adjacent to an activating group) is 1. The summed E-state index contributed by atoms with van der Waals surface area (Å²) >= 11 is 0. The molecule has 0 saturated carbocycles. The molecule has 1 aromatic heterocycles. The number of halogens is 2. The largest absolute Gasteiger partial charge is 0.356 e. The van der Waals surface area contributed by atoms with Crippen LogP contribution in [0.25, 0.3) is 0 Å². The Morgan fingerprint density at radius 1 is 1.10 bits per heavy atom. The Morgan fingerprint density at radius 3 is 2.53 bits per heavy atom. The van der Waals surface area contributed by atoms with Crippen molar-refractivity contribution in [2.45, 2.75) is 19.9 Å². The molecule has 3 rings (SSSR count). The summed E-state index contributed by atoms with van der Waals surface area (Å²) in [6.07, 6.45) is 2.66. The Hall–Kier alpha value is -1.94. The Bertz CT molecular complexity index is 790. The molecule has 1 aliphatic heterocycles. The highest BCUT2D eigenvalue weighted by atomic mass is 127. The molecule has 0 unspecified atom stereocenters. The van der Waals surface area contributed by atoms with Crippen molar-refractivity contribution in [3.63, 3.8) is 0 Å². The molecule has 0 bridgehead atoms. The molecule has 1 saturated heterocycles. The number of nitrogens with one attached hydrogen (secondary N) is 2. The molecule has 6 nitrogen and oxygen atoms in total. The van der Waals surface area contributed by atoms with Crippen molar-refractivity contribution in [2.75, 3.05) is 51.2 Å². The van der Waals surface area contributed by atoms with E-state index in [1.54, 1.807) is 19.2 Å². The van der Waals surface area contributed by atoms with Gasteiger partial charge in [-0.25, -0.2) is 9.37 Å². The van der Waals surface area contributed by atoms with Gasteiger partial charge in [-0.1, -0.05) is 25.1 Å². The van der Waals surface area contributed by atoms with Gasteiger partial charge in [0, 0.05) is 52.5 Å². The molecule has 164 valence electrons. The second kappa shape index (κ2) is 12.7. The number of hydrogen-bond donors (Lipinski definition) is 2. The van der Waals surface area contributed by atoms with E-state index in [4.69, 9.17) is 0 Å². The van der Waals surface area contributed by atoms with Gasteiger partial charge in [0.2, 0.25) is 0 Å². The van der Waals surface area contributed by atoms with Crippen LogP contribution in [0.2, 0.25) is 0 Å². The standard InChI is InChI=1S/C22H31FN6.HI/c1-3-28-11-13-29(14-12-28)21-8-7-19(16-26-21)17-27-22(24-2)25-10-9-18-5-4-6-20(23)15-18;/h4-8,15-16H,3,9-14,17H2,1-2H3,(H2,24,25,27);1H. The van der Waals surface area contributed by atoms with E-state index in [2.05, 4.69) is 49.5 Å². The van der Waals surface area contributed by atoms with Gasteiger partial charge < -0.3 is 20.4 Å². The lowest BCUT2D eigenvalue weighted by atomic mass is 10.1. The van der Waals surface area contributed by atoms with E-state index in [9.17, 15) is 4.39 Å². The SMILES string of the molecule is CCN1CCN(c2ccc(CNC(=NC)NCCc3cccc(F)c3)cn2)CC1.I. The van der Waals surface area contributed by atoms with Crippen molar-refractivity contribution >= 4 is 35.8 Å². The minimum absolute atomic E-state index is 0. The number of benzene rings is 1. The minimum Gasteiger partial charge on any atom is -0.356 e. The van der Waals surface area contributed by atoms with Gasteiger partial charge in [-0.15, -0.1) is 24.0 Å². The second-order valence-electron chi connectivity index (χ2n) is 7.18. The van der Waals surface area contributed by atoms with Crippen LogP contribution < -0.4 is 15.5 Å². The number of aliphatic imine (C=N–C) groups is 1. The molecule has 2 aromatic rings. The summed E-state index contributed by atoms with van der Waals surface area (Å²) in [5.74, 6) is 1.57. The van der Waals surface area contributed by atoms with Crippen LogP contribution in [0.5, 0.6) is 0 Å². The number of pyridine rings is 1. The average molecular weight is 526 g/mol. The maximum Gasteiger partial charge on any atom is 0.191 e. The van der Waals surface area contributed by atoms with Gasteiger partial charge >= 0.3 is 0 Å². The number of nitrogens with zero attached hydrogens (tertiary/aromatic N) is 4. The second-order valence-corrected chi connectivity index (χ2v) is 7.18. The molecule has 8 heteroatoms. The van der Waals surface area contributed by atoms with Crippen molar-refractivity contribution in [2.24, 2.45) is 4.99 Å². The summed E-state index contributed by atoms with van der Waals surface area (Å²) in [5.41, 5.74) is 2.07. The summed E-state index contributed by atoms with van der Waals surface area (Å²) in [6, 6.07) is 10.9. The summed E-state index contributed by atoms with van der Waals surface area (Å²) in [6.45, 7) is 8.91. The number of rotatable bonds is 7. The highest BCUT2D eigenvalue weighted by Crippen LogP contribution is 2.14. The fourth-order valence-corrected chi connectivity index (χ4v) is 3.43. The normalized spacial score (nSPS) is 14.9. The molecule has 0 atom stereocenters. The lowest BCUT2D eigenvalue weighted by Gasteiger charge is -2.34. The van der Waals surface area contributed by atoms with Gasteiger partial charge in [-0.05, 0) is 42.3 Å². The van der Waals surface area contributed by atoms with Crippen LogP contribution in [0, 0.1) is 5.82 Å². The molecule has 2 heterocycles. The topological polar surface area (TPSA) is 55.8 Å². The summed E-state index contributed by atoms with van der Waals surface area (Å²) in [4.78, 5) is 13.7. The predicted molar refractivity (Wildman–Crippen MR) is 132 cm³/mol. The first-order valence-corrected chi connectivity index (χ1v) is 10.3. The van der Waals surface area contributed by atoms with Gasteiger partial charge in [0.05, 0.1) is 0 Å². The molecular formula is C22H32FIN6. The molecule has 0 amide bonds. The maximum absolute atomic E-state index is 13.2. The van der Waals surface area contributed by atoms with Crippen LogP contribution in [0.15, 0.2) is 47.6 Å². The zero-order valence-electron chi connectivity index (χ0n) is 17.8. The van der Waals surface area contributed by atoms with Crippen LogP contribution in [0.4, 0.5) is 10.2 Å². The number of anilines is 1. The van der Waals surface area contributed by atoms with Gasteiger partial charge in [0.25, 0.3) is 0 Å². The molecule has 1 aromatic carbocycles. The molecule has 30 heavy (non-hydrogen) atoms. The van der Waals surface area contributed by atoms with E-state index in [0.717, 1.165) is 62.0 Å². The smallest absolute Gasteiger partial charge is 0.191 e. The van der Waals surface area contributed by atoms with Crippen molar-refractivity contribution < 1.29 is 4.39 Å². The lowest BCUT2D eigenvalue weighted by molar-refractivity contribution is 0.270. The fraction of sp³-hybridized carbons (Fsp3) is 0.455. The summed E-state index contributed by atoms with van der Waals surface area (Å²) in [7, 11) is 1.74. The molecular weight excluding hydrogens is 494 g/mol. The van der Waals surface area contributed by atoms with Gasteiger partial charge in [0.1, 0.15) is 11.6 Å². The Balaban J connectivity index is 0.00000320. The third kappa shape index (κ3) is 7.39. The van der Waals surface area contributed by atoms with Crippen molar-refractivity contribution in [3.05, 3.63) is 59.5 Å². The van der Waals surface area contributed by atoms with E-state index < -0.39 is 0 Å². The molecule has 2 N–H and O–H groups in total. The maximum atomic E-state index is 13.2. The van der Waals surface area contributed by atoms with Crippen LogP contribution >= 0.6 is 24.0 Å². The quantitative estimate of drug-likeness (QED) is 0.330. The molecule has 1 aliphatic rings. The number of hydrogen-bond acceptors (Lipinski definition) is 4. The third-order valence-corrected chi connectivity index (χ3v) is 5.23. The van der Waals surface area contributed by atoms with E-state index in [1.807, 2.05) is 12.3 Å². The molecule has 0 spiro atoms. The van der Waals surface area contributed by atoms with E-state index in [-0.39, 0.29) is 29.8 Å². The van der Waals surface area contributed by atoms with Crippen LogP contribution in [-0.4, -0.2) is 62.2 Å². The third-order valence-electron chi connectivity index (χ3n) is 5.23. The van der Waals surface area contributed by atoms with E-state index in [1.165, 1.54) is 6.07 Å². The van der Waals surface area contributed by atoms with Crippen LogP contribution in [0.3, 0.4) is 0 Å². The fourth-order valence-electron chi connectivity index (χ4n) is 3.43. The van der Waals surface area contributed by atoms with Crippen LogP contribution in [-0.2, 0) is 13.0 Å². The van der Waals surface area contributed by atoms with Crippen molar-refractivity contribution in [3.8, 4) is 0 Å². The van der Waals surface area contributed by atoms with Gasteiger partial charge in [0.15, 0.2) is 5.96 Å². The Labute approximate surface area is 196 Å². The summed E-state index contributed by atoms with van der Waals surface area (Å²) in [5, 5.41) is 6.56. The average Bonchev–Trinajstić information content (AvgIpc) is 2.76. The lowest BCUT2D eigenvalue weighted by Crippen LogP contribution is -2.46. The first-order chi connectivity index (χ1) is 14.2. The molecule has 0 radical (unpaired) electrons. The zero-order valence-corrected chi connectivity index (χ0v) is 20.1. The highest BCUT2D eigenvalue weighted by molar-refractivity contribution is 14.0. The van der Waals surface area contributed by atoms with Gasteiger partial charge in [-0.2, -0.15) is 0 Å². The number of piperazine rings is 1. The first kappa shape index (κ1) is 24.3. The van der Waals surface area contributed by atoms with E-state index >= 15 is 0 Å². The van der Waals surface area contributed by atoms with Crippen LogP contribution in [0.1, 0.15) is 18.1 Å².